The number of rotatable bonds is 6. The van der Waals surface area contributed by atoms with Gasteiger partial charge in [-0.15, -0.1) is 11.3 Å². The minimum absolute atomic E-state index is 0.0589. The average Bonchev–Trinajstić information content (AvgIpc) is 3.42. The Bertz CT molecular complexity index is 1230. The van der Waals surface area contributed by atoms with Gasteiger partial charge in [0.1, 0.15) is 16.9 Å². The molecule has 7 nitrogen and oxygen atoms in total. The molecule has 2 aliphatic rings. The Morgan fingerprint density at radius 2 is 2.06 bits per heavy atom. The van der Waals surface area contributed by atoms with E-state index < -0.39 is 0 Å². The summed E-state index contributed by atoms with van der Waals surface area (Å²) < 4.78 is 18.7. The molecular weight excluding hydrogens is 465 g/mol. The smallest absolute Gasteiger partial charge is 0.231 e. The van der Waals surface area contributed by atoms with E-state index in [1.54, 1.807) is 23.5 Å². The van der Waals surface area contributed by atoms with Crippen LogP contribution in [-0.2, 0) is 17.6 Å². The fourth-order valence-electron chi connectivity index (χ4n) is 4.98. The maximum atomic E-state index is 13.2. The van der Waals surface area contributed by atoms with Gasteiger partial charge in [-0.1, -0.05) is 11.6 Å². The topological polar surface area (TPSA) is 95.1 Å². The number of carbonyl (C=O) groups excluding carboxylic acids is 1. The summed E-state index contributed by atoms with van der Waals surface area (Å²) in [6.45, 7) is 2.29. The lowest BCUT2D eigenvalue weighted by atomic mass is 9.98. The zero-order valence-corrected chi connectivity index (χ0v) is 20.4. The van der Waals surface area contributed by atoms with Crippen molar-refractivity contribution < 1.29 is 13.7 Å². The van der Waals surface area contributed by atoms with E-state index in [1.807, 2.05) is 0 Å². The number of benzene rings is 1. The number of thiophene rings is 1. The Balaban J connectivity index is 1.17. The summed E-state index contributed by atoms with van der Waals surface area (Å²) in [6.07, 6.45) is 7.67. The van der Waals surface area contributed by atoms with Crippen LogP contribution in [0.2, 0.25) is 0 Å². The van der Waals surface area contributed by atoms with Gasteiger partial charge >= 0.3 is 0 Å². The molecular formula is C26H28FN5O2S. The van der Waals surface area contributed by atoms with Crippen LogP contribution < -0.4 is 5.32 Å². The summed E-state index contributed by atoms with van der Waals surface area (Å²) in [5.41, 5.74) is 2.52. The molecule has 1 atom stereocenters. The third-order valence-electron chi connectivity index (χ3n) is 6.84. The molecule has 1 N–H and O–H groups in total. The Morgan fingerprint density at radius 3 is 2.89 bits per heavy atom. The first-order chi connectivity index (χ1) is 17.1. The van der Waals surface area contributed by atoms with Crippen molar-refractivity contribution in [3.05, 3.63) is 52.0 Å². The van der Waals surface area contributed by atoms with Crippen LogP contribution >= 0.6 is 11.3 Å². The van der Waals surface area contributed by atoms with Crippen molar-refractivity contribution in [2.75, 3.05) is 25.0 Å². The first-order valence-electron chi connectivity index (χ1n) is 12.3. The van der Waals surface area contributed by atoms with Gasteiger partial charge in [0.05, 0.1) is 11.5 Å². The normalized spacial score (nSPS) is 18.5. The van der Waals surface area contributed by atoms with Crippen molar-refractivity contribution in [3.63, 3.8) is 0 Å². The first kappa shape index (κ1) is 23.6. The average molecular weight is 494 g/mol. The molecule has 0 saturated carbocycles. The Hall–Kier alpha value is -3.09. The number of piperidine rings is 1. The predicted molar refractivity (Wildman–Crippen MR) is 132 cm³/mol. The van der Waals surface area contributed by atoms with E-state index >= 15 is 0 Å². The van der Waals surface area contributed by atoms with Gasteiger partial charge in [-0.05, 0) is 74.9 Å². The Morgan fingerprint density at radius 1 is 1.23 bits per heavy atom. The van der Waals surface area contributed by atoms with E-state index in [4.69, 9.17) is 4.52 Å². The number of likely N-dealkylation sites (tertiary alicyclic amines) is 1. The summed E-state index contributed by atoms with van der Waals surface area (Å²) in [5, 5.41) is 17.5. The molecule has 1 aromatic carbocycles. The van der Waals surface area contributed by atoms with Gasteiger partial charge < -0.3 is 14.7 Å². The maximum absolute atomic E-state index is 13.2. The van der Waals surface area contributed by atoms with Gasteiger partial charge in [-0.2, -0.15) is 10.2 Å². The second kappa shape index (κ2) is 10.7. The minimum Gasteiger partial charge on any atom is -0.339 e. The third kappa shape index (κ3) is 5.44. The predicted octanol–water partition coefficient (Wildman–Crippen LogP) is 5.29. The third-order valence-corrected chi connectivity index (χ3v) is 8.05. The lowest BCUT2D eigenvalue weighted by molar-refractivity contribution is -0.116. The van der Waals surface area contributed by atoms with E-state index in [9.17, 15) is 14.4 Å². The van der Waals surface area contributed by atoms with Crippen molar-refractivity contribution in [2.24, 2.45) is 0 Å². The van der Waals surface area contributed by atoms with Crippen molar-refractivity contribution >= 4 is 22.2 Å². The zero-order chi connectivity index (χ0) is 24.2. The van der Waals surface area contributed by atoms with E-state index in [2.05, 4.69) is 26.4 Å². The van der Waals surface area contributed by atoms with Gasteiger partial charge in [0.15, 0.2) is 0 Å². The number of fused-ring (bicyclic) bond motifs is 1. The number of nitrogens with zero attached hydrogens (tertiary/aromatic N) is 4. The van der Waals surface area contributed by atoms with E-state index in [1.165, 1.54) is 23.4 Å². The van der Waals surface area contributed by atoms with E-state index in [0.29, 0.717) is 40.8 Å². The molecule has 2 aromatic heterocycles. The Kier molecular flexibility index (Phi) is 7.21. The molecule has 0 spiro atoms. The summed E-state index contributed by atoms with van der Waals surface area (Å²) in [7, 11) is 0. The summed E-state index contributed by atoms with van der Waals surface area (Å²) in [5.74, 6) is 0.779. The van der Waals surface area contributed by atoms with Crippen LogP contribution in [0, 0.1) is 17.1 Å². The molecule has 0 unspecified atom stereocenters. The summed E-state index contributed by atoms with van der Waals surface area (Å²) in [4.78, 5) is 20.8. The van der Waals surface area contributed by atoms with Crippen molar-refractivity contribution in [3.8, 4) is 17.5 Å². The van der Waals surface area contributed by atoms with E-state index in [-0.39, 0.29) is 17.6 Å². The standard InChI is InChI=1S/C26H28FN5O2S/c27-19-10-8-17(9-11-19)24-30-25(34-31-24)18-5-4-13-32(16-18)14-12-23(33)29-26-21(15-28)20-6-2-1-3-7-22(20)35-26/h8-11,18H,1-7,12-14,16H2,(H,29,33)/t18-/m0/s1. The maximum Gasteiger partial charge on any atom is 0.231 e. The monoisotopic (exact) mass is 493 g/mol. The molecule has 1 fully saturated rings. The van der Waals surface area contributed by atoms with Crippen LogP contribution in [0.5, 0.6) is 0 Å². The largest absolute Gasteiger partial charge is 0.339 e. The number of hydrogen-bond acceptors (Lipinski definition) is 7. The molecule has 9 heteroatoms. The fraction of sp³-hybridized carbons (Fsp3) is 0.462. The molecule has 0 bridgehead atoms. The lowest BCUT2D eigenvalue weighted by Gasteiger charge is -2.30. The molecule has 35 heavy (non-hydrogen) atoms. The van der Waals surface area contributed by atoms with Crippen LogP contribution in [0.3, 0.4) is 0 Å². The molecule has 5 rings (SSSR count). The van der Waals surface area contributed by atoms with Crippen LogP contribution in [0.1, 0.15) is 66.3 Å². The Labute approximate surface area is 207 Å². The second-order valence-corrected chi connectivity index (χ2v) is 10.4. The van der Waals surface area contributed by atoms with Crippen LogP contribution in [0.4, 0.5) is 9.39 Å². The second-order valence-electron chi connectivity index (χ2n) is 9.28. The van der Waals surface area contributed by atoms with Crippen LogP contribution in [0.15, 0.2) is 28.8 Å². The van der Waals surface area contributed by atoms with Crippen molar-refractivity contribution in [1.82, 2.24) is 15.0 Å². The molecule has 182 valence electrons. The quantitative estimate of drug-likeness (QED) is 0.469. The summed E-state index contributed by atoms with van der Waals surface area (Å²) >= 11 is 1.57. The molecule has 1 amide bonds. The highest BCUT2D eigenvalue weighted by Gasteiger charge is 2.27. The van der Waals surface area contributed by atoms with Crippen LogP contribution in [-0.4, -0.2) is 40.6 Å². The number of anilines is 1. The molecule has 1 saturated heterocycles. The molecule has 3 heterocycles. The zero-order valence-electron chi connectivity index (χ0n) is 19.6. The van der Waals surface area contributed by atoms with Crippen molar-refractivity contribution in [2.45, 2.75) is 57.3 Å². The highest BCUT2D eigenvalue weighted by atomic mass is 32.1. The number of amides is 1. The van der Waals surface area contributed by atoms with E-state index in [0.717, 1.165) is 57.2 Å². The number of carbonyl (C=O) groups is 1. The van der Waals surface area contributed by atoms with Gasteiger partial charge in [0.25, 0.3) is 0 Å². The molecule has 1 aliphatic carbocycles. The molecule has 0 radical (unpaired) electrons. The highest BCUT2D eigenvalue weighted by Crippen LogP contribution is 2.37. The fourth-order valence-corrected chi connectivity index (χ4v) is 6.23. The first-order valence-corrected chi connectivity index (χ1v) is 13.1. The number of aromatic nitrogens is 2. The summed E-state index contributed by atoms with van der Waals surface area (Å²) in [6, 6.07) is 8.36. The number of aryl methyl sites for hydroxylation is 1. The molecule has 3 aromatic rings. The van der Waals surface area contributed by atoms with Crippen molar-refractivity contribution in [1.29, 1.82) is 5.26 Å². The van der Waals surface area contributed by atoms with Gasteiger partial charge in [-0.25, -0.2) is 4.39 Å². The number of nitriles is 1. The van der Waals surface area contributed by atoms with Gasteiger partial charge in [0, 0.05) is 30.0 Å². The molecule has 1 aliphatic heterocycles. The number of halogens is 1. The van der Waals surface area contributed by atoms with Gasteiger partial charge in [-0.3, -0.25) is 4.79 Å². The minimum atomic E-state index is -0.303. The number of nitrogens with one attached hydrogen (secondary N) is 1. The SMILES string of the molecule is N#Cc1c(NC(=O)CCN2CCC[C@H](c3nc(-c4ccc(F)cc4)no3)C2)sc2c1CCCCC2. The highest BCUT2D eigenvalue weighted by molar-refractivity contribution is 7.16. The lowest BCUT2D eigenvalue weighted by Crippen LogP contribution is -2.36. The van der Waals surface area contributed by atoms with Gasteiger partial charge in [0.2, 0.25) is 17.6 Å². The number of hydrogen-bond donors (Lipinski definition) is 1. The van der Waals surface area contributed by atoms with Crippen LogP contribution in [0.25, 0.3) is 11.4 Å².